The van der Waals surface area contributed by atoms with Crippen LogP contribution in [-0.4, -0.2) is 77.5 Å². The Kier molecular flexibility index (Phi) is 30.3. The number of carbonyl (C=O) groups is 3. The van der Waals surface area contributed by atoms with E-state index in [0.29, 0.717) is 32.1 Å². The second-order valence-corrected chi connectivity index (χ2v) is 18.8. The van der Waals surface area contributed by atoms with E-state index in [0.717, 1.165) is 57.8 Å². The van der Waals surface area contributed by atoms with E-state index in [-0.39, 0.29) is 50.7 Å². The number of ketones is 1. The molecule has 0 radical (unpaired) electrons. The van der Waals surface area contributed by atoms with Gasteiger partial charge in [0.1, 0.15) is 23.9 Å². The Morgan fingerprint density at radius 2 is 1.40 bits per heavy atom. The minimum absolute atomic E-state index is 0.00590. The van der Waals surface area contributed by atoms with Crippen molar-refractivity contribution in [3.63, 3.8) is 0 Å². The molecule has 0 saturated heterocycles. The van der Waals surface area contributed by atoms with Crippen LogP contribution in [0.15, 0.2) is 28.7 Å². The van der Waals surface area contributed by atoms with Gasteiger partial charge in [0.15, 0.2) is 6.10 Å². The number of aryl methyl sites for hydroxylation is 2. The maximum atomic E-state index is 12.7. The smallest absolute Gasteiger partial charge is 0.466 e. The first kappa shape index (κ1) is 56.5. The predicted octanol–water partition coefficient (Wildman–Crippen LogP) is 10.2. The monoisotopic (exact) mass is 910 g/mol. The molecule has 1 unspecified atom stereocenters. The summed E-state index contributed by atoms with van der Waals surface area (Å²) in [5, 5.41) is 20.8. The number of phosphoric acid groups is 1. The maximum absolute atomic E-state index is 12.7. The van der Waals surface area contributed by atoms with Crippen LogP contribution in [0.1, 0.15) is 184 Å². The number of aliphatic hydroxyl groups is 2. The van der Waals surface area contributed by atoms with E-state index >= 15 is 0 Å². The zero-order valence-electron chi connectivity index (χ0n) is 39.2. The molecule has 0 amide bonds. The van der Waals surface area contributed by atoms with Crippen molar-refractivity contribution in [1.29, 1.82) is 0 Å². The summed E-state index contributed by atoms with van der Waals surface area (Å²) in [6, 6.07) is 0. The van der Waals surface area contributed by atoms with E-state index in [9.17, 15) is 34.1 Å². The zero-order valence-corrected chi connectivity index (χ0v) is 40.1. The Balaban J connectivity index is 1.65. The van der Waals surface area contributed by atoms with Crippen LogP contribution >= 0.6 is 7.82 Å². The number of allylic oxidation sites excluding steroid dienone is 3. The largest absolute Gasteiger partial charge is 0.472 e. The van der Waals surface area contributed by atoms with Crippen molar-refractivity contribution in [2.45, 2.75) is 207 Å². The fourth-order valence-corrected chi connectivity index (χ4v) is 8.68. The minimum Gasteiger partial charge on any atom is -0.466 e. The molecule has 1 aliphatic rings. The number of ether oxygens (including phenoxy) is 2. The van der Waals surface area contributed by atoms with Crippen molar-refractivity contribution in [3.8, 4) is 0 Å². The topological polar surface area (TPSA) is 205 Å². The number of furan rings is 1. The molecule has 362 valence electrons. The molecule has 1 heterocycles. The third-order valence-electron chi connectivity index (χ3n) is 11.9. The first-order valence-corrected chi connectivity index (χ1v) is 25.8. The highest BCUT2D eigenvalue weighted by Crippen LogP contribution is 2.43. The van der Waals surface area contributed by atoms with Crippen molar-refractivity contribution in [3.05, 3.63) is 47.0 Å². The fourth-order valence-electron chi connectivity index (χ4n) is 7.91. The lowest BCUT2D eigenvalue weighted by Crippen LogP contribution is -2.29. The number of unbranched alkanes of at least 4 members (excludes halogenated alkanes) is 14. The van der Waals surface area contributed by atoms with E-state index in [1.54, 1.807) is 12.2 Å². The molecule has 1 saturated carbocycles. The van der Waals surface area contributed by atoms with Gasteiger partial charge >= 0.3 is 19.8 Å². The molecule has 1 aromatic rings. The van der Waals surface area contributed by atoms with Crippen LogP contribution in [0, 0.1) is 25.7 Å². The second-order valence-electron chi connectivity index (χ2n) is 17.3. The van der Waals surface area contributed by atoms with E-state index < -0.39 is 50.6 Å². The highest BCUT2D eigenvalue weighted by molar-refractivity contribution is 7.47. The third-order valence-corrected chi connectivity index (χ3v) is 12.9. The van der Waals surface area contributed by atoms with Gasteiger partial charge in [-0.05, 0) is 69.9 Å². The molecule has 5 N–H and O–H groups in total. The van der Waals surface area contributed by atoms with E-state index in [1.807, 2.05) is 12.2 Å². The number of esters is 2. The van der Waals surface area contributed by atoms with Gasteiger partial charge in [0.25, 0.3) is 0 Å². The number of carbonyl (C=O) groups excluding carboxylic acids is 3. The lowest BCUT2D eigenvalue weighted by Gasteiger charge is -2.19. The van der Waals surface area contributed by atoms with Crippen molar-refractivity contribution in [2.24, 2.45) is 17.6 Å². The molecule has 0 spiro atoms. The van der Waals surface area contributed by atoms with Gasteiger partial charge < -0.3 is 34.7 Å². The Morgan fingerprint density at radius 1 is 0.810 bits per heavy atom. The molecule has 1 fully saturated rings. The van der Waals surface area contributed by atoms with Crippen molar-refractivity contribution in [2.75, 3.05) is 26.4 Å². The summed E-state index contributed by atoms with van der Waals surface area (Å²) in [7, 11) is -4.46. The van der Waals surface area contributed by atoms with Gasteiger partial charge in [0, 0.05) is 50.5 Å². The van der Waals surface area contributed by atoms with Gasteiger partial charge in [-0.1, -0.05) is 122 Å². The van der Waals surface area contributed by atoms with Crippen LogP contribution in [0.4, 0.5) is 0 Å². The lowest BCUT2D eigenvalue weighted by molar-refractivity contribution is -0.161. The average molecular weight is 910 g/mol. The molecule has 14 heteroatoms. The lowest BCUT2D eigenvalue weighted by atomic mass is 9.90. The summed E-state index contributed by atoms with van der Waals surface area (Å²) in [6.45, 7) is 7.65. The predicted molar refractivity (Wildman–Crippen MR) is 247 cm³/mol. The summed E-state index contributed by atoms with van der Waals surface area (Å²) in [4.78, 5) is 47.8. The third kappa shape index (κ3) is 25.0. The Labute approximate surface area is 378 Å². The molecule has 2 rings (SSSR count). The molecule has 63 heavy (non-hydrogen) atoms. The summed E-state index contributed by atoms with van der Waals surface area (Å²) in [5.41, 5.74) is 8.02. The number of phosphoric ester groups is 1. The van der Waals surface area contributed by atoms with Gasteiger partial charge in [-0.25, -0.2) is 4.57 Å². The van der Waals surface area contributed by atoms with Crippen molar-refractivity contribution < 1.29 is 57.0 Å². The highest BCUT2D eigenvalue weighted by Gasteiger charge is 2.39. The van der Waals surface area contributed by atoms with Crippen LogP contribution < -0.4 is 5.73 Å². The van der Waals surface area contributed by atoms with Gasteiger partial charge in [-0.3, -0.25) is 23.4 Å². The van der Waals surface area contributed by atoms with Crippen molar-refractivity contribution in [1.82, 2.24) is 0 Å². The number of aliphatic hydroxyl groups excluding tert-OH is 2. The first-order chi connectivity index (χ1) is 30.3. The molecular weight excluding hydrogens is 826 g/mol. The Bertz CT molecular complexity index is 1530. The number of Topliss-reactive ketones (excluding diaryl/α,β-unsaturated/α-hetero) is 1. The van der Waals surface area contributed by atoms with E-state index in [4.69, 9.17) is 28.7 Å². The van der Waals surface area contributed by atoms with Crippen LogP contribution in [0.2, 0.25) is 0 Å². The minimum atomic E-state index is -4.46. The molecule has 1 aromatic heterocycles. The number of hydrogen-bond acceptors (Lipinski definition) is 12. The Morgan fingerprint density at radius 3 is 2.03 bits per heavy atom. The van der Waals surface area contributed by atoms with Crippen molar-refractivity contribution >= 4 is 25.5 Å². The molecule has 1 aliphatic carbocycles. The molecular formula is C49H84NO12P. The normalized spacial score (nSPS) is 18.7. The SMILES string of the molecule is CCCCCc1oc(CCCCCCCCCCCCC(=O)OC[C@H](COP(=O)(O)OCCN)OC(=O)CCC/C=C\C[C@H]2[C@@H](O)CC(=O)[C@@H]2/C=C/[C@@H](O)CCCCC)c(C)c1C. The molecule has 6 atom stereocenters. The summed E-state index contributed by atoms with van der Waals surface area (Å²) >= 11 is 0. The van der Waals surface area contributed by atoms with Crippen LogP contribution in [0.3, 0.4) is 0 Å². The summed E-state index contributed by atoms with van der Waals surface area (Å²) in [6.07, 6.45) is 26.8. The molecule has 13 nitrogen and oxygen atoms in total. The molecule has 0 aromatic carbocycles. The van der Waals surface area contributed by atoms with Gasteiger partial charge in [0.2, 0.25) is 0 Å². The highest BCUT2D eigenvalue weighted by atomic mass is 31.2. The summed E-state index contributed by atoms with van der Waals surface area (Å²) < 4.78 is 39.1. The van der Waals surface area contributed by atoms with E-state index in [2.05, 4.69) is 27.7 Å². The molecule has 0 bridgehead atoms. The zero-order chi connectivity index (χ0) is 46.3. The van der Waals surface area contributed by atoms with Gasteiger partial charge in [0.05, 0.1) is 25.4 Å². The van der Waals surface area contributed by atoms with Gasteiger partial charge in [-0.2, -0.15) is 0 Å². The standard InChI is InChI=1S/C49H84NO12P/c1-5-7-19-25-40(51)31-32-43-42(44(52)35-45(43)53)26-21-17-18-24-30-49(55)61-41(37-60-63(56,57)59-34-33-50)36-58-48(54)29-23-16-14-12-10-9-11-13-15-22-28-47-39(4)38(3)46(62-47)27-20-8-6-2/h17,21,31-32,40-44,51-52H,5-16,18-20,22-30,33-37,50H2,1-4H3,(H,56,57)/b21-17-,32-31+/t40-,41+,42+,43+,44-/m0/s1. The van der Waals surface area contributed by atoms with Crippen LogP contribution in [-0.2, 0) is 50.3 Å². The number of nitrogens with two attached hydrogens (primary N) is 1. The van der Waals surface area contributed by atoms with Crippen LogP contribution in [0.5, 0.6) is 0 Å². The first-order valence-electron chi connectivity index (χ1n) is 24.3. The quantitative estimate of drug-likeness (QED) is 0.0211. The average Bonchev–Trinajstić information content (AvgIpc) is 3.68. The number of rotatable bonds is 38. The molecule has 0 aliphatic heterocycles. The number of hydrogen-bond donors (Lipinski definition) is 4. The summed E-state index contributed by atoms with van der Waals surface area (Å²) in [5.74, 6) is 0.537. The van der Waals surface area contributed by atoms with Crippen LogP contribution in [0.25, 0.3) is 0 Å². The maximum Gasteiger partial charge on any atom is 0.472 e. The van der Waals surface area contributed by atoms with Gasteiger partial charge in [-0.15, -0.1) is 0 Å². The Hall–Kier alpha value is -2.64. The fraction of sp³-hybridized carbons (Fsp3) is 0.776. The van der Waals surface area contributed by atoms with E-state index in [1.165, 1.54) is 74.0 Å². The second kappa shape index (κ2) is 33.8.